The van der Waals surface area contributed by atoms with Crippen LogP contribution in [-0.4, -0.2) is 20.4 Å². The molecule has 0 radical (unpaired) electrons. The van der Waals surface area contributed by atoms with Crippen LogP contribution in [0.3, 0.4) is 0 Å². The molecule has 0 saturated heterocycles. The number of benzene rings is 1. The zero-order chi connectivity index (χ0) is 14.5. The zero-order valence-corrected chi connectivity index (χ0v) is 13.4. The fraction of sp³-hybridized carbons (Fsp3) is 0.357. The number of hydrogen-bond donors (Lipinski definition) is 1. The molecule has 1 heterocycles. The van der Waals surface area contributed by atoms with Crippen LogP contribution in [0.5, 0.6) is 0 Å². The van der Waals surface area contributed by atoms with Crippen molar-refractivity contribution in [2.24, 2.45) is 0 Å². The average molecular weight is 355 g/mol. The molecule has 0 aliphatic heterocycles. The zero-order valence-electron chi connectivity index (χ0n) is 11.0. The smallest absolute Gasteiger partial charge is 0.313 e. The van der Waals surface area contributed by atoms with Crippen LogP contribution >= 0.6 is 27.5 Å². The number of hydrogen-bond acceptors (Lipinski definition) is 4. The molecule has 0 spiro atoms. The van der Waals surface area contributed by atoms with Gasteiger partial charge < -0.3 is 5.11 Å². The summed E-state index contributed by atoms with van der Waals surface area (Å²) >= 11 is 4.57. The lowest BCUT2D eigenvalue weighted by atomic mass is 10.0. The minimum atomic E-state index is -0.855. The van der Waals surface area contributed by atoms with E-state index in [4.69, 9.17) is 0 Å². The second-order valence-electron chi connectivity index (χ2n) is 4.52. The van der Waals surface area contributed by atoms with Crippen LogP contribution in [0.15, 0.2) is 28.7 Å². The molecule has 6 heteroatoms. The Labute approximate surface area is 130 Å². The van der Waals surface area contributed by atoms with Crippen molar-refractivity contribution in [2.75, 3.05) is 0 Å². The van der Waals surface area contributed by atoms with E-state index in [1.54, 1.807) is 0 Å². The van der Waals surface area contributed by atoms with E-state index in [-0.39, 0.29) is 0 Å². The summed E-state index contributed by atoms with van der Waals surface area (Å²) in [5.41, 5.74) is 0.979. The molecule has 1 atom stereocenters. The summed E-state index contributed by atoms with van der Waals surface area (Å²) in [5.74, 6) is -0.735. The molecule has 1 N–H and O–H groups in total. The lowest BCUT2D eigenvalue weighted by Gasteiger charge is -2.09. The number of carboxylic acid groups (broad SMARTS) is 1. The van der Waals surface area contributed by atoms with E-state index in [1.807, 2.05) is 24.3 Å². The fourth-order valence-corrected chi connectivity index (χ4v) is 2.92. The molecule has 0 aliphatic rings. The van der Waals surface area contributed by atoms with Crippen LogP contribution in [0, 0.1) is 0 Å². The molecule has 0 fully saturated rings. The van der Waals surface area contributed by atoms with Gasteiger partial charge in [0.15, 0.2) is 0 Å². The number of carbonyl (C=O) groups is 1. The molecule has 1 aromatic heterocycles. The van der Waals surface area contributed by atoms with Gasteiger partial charge in [-0.3, -0.25) is 4.79 Å². The monoisotopic (exact) mass is 354 g/mol. The highest BCUT2D eigenvalue weighted by Gasteiger charge is 2.24. The van der Waals surface area contributed by atoms with E-state index in [1.165, 1.54) is 11.5 Å². The minimum Gasteiger partial charge on any atom is -0.481 e. The molecule has 0 amide bonds. The van der Waals surface area contributed by atoms with Gasteiger partial charge in [-0.25, -0.2) is 4.98 Å². The van der Waals surface area contributed by atoms with Crippen molar-refractivity contribution in [3.05, 3.63) is 45.1 Å². The number of carboxylic acids is 1. The molecule has 2 rings (SSSR count). The molecule has 0 aliphatic carbocycles. The van der Waals surface area contributed by atoms with Gasteiger partial charge in [-0.05, 0) is 42.1 Å². The molecule has 20 heavy (non-hydrogen) atoms. The van der Waals surface area contributed by atoms with Crippen LogP contribution in [0.1, 0.15) is 35.7 Å². The fourth-order valence-electron chi connectivity index (χ4n) is 1.87. The first-order valence-electron chi connectivity index (χ1n) is 6.40. The van der Waals surface area contributed by atoms with Gasteiger partial charge in [-0.1, -0.05) is 35.0 Å². The Morgan fingerprint density at radius 1 is 1.40 bits per heavy atom. The quantitative estimate of drug-likeness (QED) is 0.859. The molecule has 0 bridgehead atoms. The Morgan fingerprint density at radius 3 is 2.70 bits per heavy atom. The molecule has 2 aromatic rings. The second-order valence-corrected chi connectivity index (χ2v) is 6.22. The molecular formula is C14H15BrN2O2S. The molecule has 4 nitrogen and oxygen atoms in total. The third-order valence-electron chi connectivity index (χ3n) is 2.91. The maximum Gasteiger partial charge on any atom is 0.313 e. The Morgan fingerprint density at radius 2 is 2.10 bits per heavy atom. The van der Waals surface area contributed by atoms with Crippen molar-refractivity contribution in [2.45, 2.75) is 32.1 Å². The first kappa shape index (κ1) is 15.1. The number of aliphatic carboxylic acids is 1. The van der Waals surface area contributed by atoms with Gasteiger partial charge in [0.1, 0.15) is 16.7 Å². The van der Waals surface area contributed by atoms with Crippen molar-refractivity contribution in [1.29, 1.82) is 0 Å². The van der Waals surface area contributed by atoms with Crippen molar-refractivity contribution in [3.8, 4) is 0 Å². The largest absolute Gasteiger partial charge is 0.481 e. The Kier molecular flexibility index (Phi) is 5.25. The van der Waals surface area contributed by atoms with Crippen molar-refractivity contribution < 1.29 is 9.90 Å². The summed E-state index contributed by atoms with van der Waals surface area (Å²) in [6.45, 7) is 2.05. The number of nitrogens with zero attached hydrogens (tertiary/aromatic N) is 2. The number of aryl methyl sites for hydroxylation is 1. The van der Waals surface area contributed by atoms with Crippen LogP contribution < -0.4 is 0 Å². The van der Waals surface area contributed by atoms with Crippen molar-refractivity contribution >= 4 is 33.4 Å². The van der Waals surface area contributed by atoms with Gasteiger partial charge in [0.25, 0.3) is 0 Å². The van der Waals surface area contributed by atoms with Gasteiger partial charge in [0.2, 0.25) is 0 Å². The lowest BCUT2D eigenvalue weighted by molar-refractivity contribution is -0.138. The molecule has 1 aromatic carbocycles. The lowest BCUT2D eigenvalue weighted by Crippen LogP contribution is -2.14. The van der Waals surface area contributed by atoms with Gasteiger partial charge in [-0.2, -0.15) is 4.37 Å². The van der Waals surface area contributed by atoms with E-state index in [0.29, 0.717) is 11.4 Å². The first-order chi connectivity index (χ1) is 9.60. The first-order valence-corrected chi connectivity index (χ1v) is 7.96. The molecule has 0 saturated carbocycles. The normalized spacial score (nSPS) is 12.3. The summed E-state index contributed by atoms with van der Waals surface area (Å²) in [5, 5.41) is 10.00. The molecule has 106 valence electrons. The van der Waals surface area contributed by atoms with Crippen molar-refractivity contribution in [3.63, 3.8) is 0 Å². The number of halogens is 1. The highest BCUT2D eigenvalue weighted by Crippen LogP contribution is 2.24. The highest BCUT2D eigenvalue weighted by atomic mass is 79.9. The topological polar surface area (TPSA) is 63.1 Å². The van der Waals surface area contributed by atoms with Gasteiger partial charge in [0, 0.05) is 10.9 Å². The Bertz CT molecular complexity index is 583. The summed E-state index contributed by atoms with van der Waals surface area (Å²) in [6, 6.07) is 7.68. The molecular weight excluding hydrogens is 340 g/mol. The van der Waals surface area contributed by atoms with E-state index < -0.39 is 11.9 Å². The predicted molar refractivity (Wildman–Crippen MR) is 82.1 cm³/mol. The van der Waals surface area contributed by atoms with Crippen molar-refractivity contribution in [1.82, 2.24) is 9.36 Å². The second kappa shape index (κ2) is 6.95. The summed E-state index contributed by atoms with van der Waals surface area (Å²) in [7, 11) is 0. The van der Waals surface area contributed by atoms with Crippen LogP contribution in [0.25, 0.3) is 0 Å². The van der Waals surface area contributed by atoms with Gasteiger partial charge >= 0.3 is 5.97 Å². The van der Waals surface area contributed by atoms with Crippen LogP contribution in [-0.2, 0) is 17.6 Å². The standard InChI is InChI=1S/C14H15BrN2O2S/c1-2-3-12-16-13(20-17-12)11(14(18)19)8-9-4-6-10(15)7-5-9/h4-7,11H,2-3,8H2,1H3,(H,18,19). The Balaban J connectivity index is 2.17. The summed E-state index contributed by atoms with van der Waals surface area (Å²) in [4.78, 5) is 15.8. The Hall–Kier alpha value is -1.27. The van der Waals surface area contributed by atoms with Gasteiger partial charge in [0.05, 0.1) is 0 Å². The van der Waals surface area contributed by atoms with Crippen LogP contribution in [0.2, 0.25) is 0 Å². The third kappa shape index (κ3) is 3.86. The highest BCUT2D eigenvalue weighted by molar-refractivity contribution is 9.10. The SMILES string of the molecule is CCCc1nsc(C(Cc2ccc(Br)cc2)C(=O)O)n1. The maximum absolute atomic E-state index is 11.5. The molecule has 1 unspecified atom stereocenters. The van der Waals surface area contributed by atoms with E-state index >= 15 is 0 Å². The third-order valence-corrected chi connectivity index (χ3v) is 4.30. The number of aromatic nitrogens is 2. The minimum absolute atomic E-state index is 0.434. The predicted octanol–water partition coefficient (Wildman–Crippen LogP) is 3.66. The summed E-state index contributed by atoms with van der Waals surface area (Å²) < 4.78 is 5.21. The van der Waals surface area contributed by atoms with Gasteiger partial charge in [-0.15, -0.1) is 0 Å². The van der Waals surface area contributed by atoms with E-state index in [2.05, 4.69) is 32.2 Å². The number of rotatable bonds is 6. The van der Waals surface area contributed by atoms with E-state index in [0.717, 1.165) is 28.7 Å². The van der Waals surface area contributed by atoms with Crippen LogP contribution in [0.4, 0.5) is 0 Å². The van der Waals surface area contributed by atoms with E-state index in [9.17, 15) is 9.90 Å². The average Bonchev–Trinajstić information content (AvgIpc) is 2.86. The summed E-state index contributed by atoms with van der Waals surface area (Å²) in [6.07, 6.45) is 2.19. The maximum atomic E-state index is 11.5.